The van der Waals surface area contributed by atoms with Gasteiger partial charge in [-0.1, -0.05) is 12.1 Å². The summed E-state index contributed by atoms with van der Waals surface area (Å²) in [5, 5.41) is 2.61. The predicted octanol–water partition coefficient (Wildman–Crippen LogP) is 2.52. The van der Waals surface area contributed by atoms with E-state index >= 15 is 0 Å². The fraction of sp³-hybridized carbons (Fsp3) is 0.174. The first-order chi connectivity index (χ1) is 16.1. The summed E-state index contributed by atoms with van der Waals surface area (Å²) >= 11 is 0. The van der Waals surface area contributed by atoms with Crippen molar-refractivity contribution in [1.82, 2.24) is 14.9 Å². The molecule has 1 aliphatic heterocycles. The molecule has 0 saturated carbocycles. The SMILES string of the molecule is Cc1cc(NS(=O)(=O)c2ccc(NC(=O)[C@@H](C)N3C(=O)c4ccccc4C3=O)cc2)nc(C)n1. The van der Waals surface area contributed by atoms with E-state index in [9.17, 15) is 22.8 Å². The molecule has 10 nitrogen and oxygen atoms in total. The molecular formula is C23H21N5O5S. The van der Waals surface area contributed by atoms with Crippen molar-refractivity contribution in [2.45, 2.75) is 31.7 Å². The van der Waals surface area contributed by atoms with Gasteiger partial charge in [-0.2, -0.15) is 0 Å². The number of amides is 3. The zero-order chi connectivity index (χ0) is 24.6. The minimum Gasteiger partial charge on any atom is -0.324 e. The monoisotopic (exact) mass is 479 g/mol. The van der Waals surface area contributed by atoms with Crippen molar-refractivity contribution < 1.29 is 22.8 Å². The number of aromatic nitrogens is 2. The van der Waals surface area contributed by atoms with Crippen molar-refractivity contribution in [3.8, 4) is 0 Å². The first-order valence-electron chi connectivity index (χ1n) is 10.3. The van der Waals surface area contributed by atoms with E-state index in [0.717, 1.165) is 4.90 Å². The van der Waals surface area contributed by atoms with Crippen LogP contribution < -0.4 is 10.0 Å². The van der Waals surface area contributed by atoms with Gasteiger partial charge in [-0.3, -0.25) is 24.0 Å². The van der Waals surface area contributed by atoms with Gasteiger partial charge in [-0.15, -0.1) is 0 Å². The quantitative estimate of drug-likeness (QED) is 0.518. The summed E-state index contributed by atoms with van der Waals surface area (Å²) < 4.78 is 27.8. The zero-order valence-electron chi connectivity index (χ0n) is 18.6. The Morgan fingerprint density at radius 1 is 0.941 bits per heavy atom. The number of carbonyl (C=O) groups excluding carboxylic acids is 3. The van der Waals surface area contributed by atoms with Crippen LogP contribution in [0.5, 0.6) is 0 Å². The van der Waals surface area contributed by atoms with Gasteiger partial charge < -0.3 is 5.32 Å². The number of anilines is 2. The zero-order valence-corrected chi connectivity index (χ0v) is 19.4. The third kappa shape index (κ3) is 4.37. The summed E-state index contributed by atoms with van der Waals surface area (Å²) in [7, 11) is -3.92. The molecule has 1 aliphatic rings. The second kappa shape index (κ2) is 8.67. The number of hydrogen-bond donors (Lipinski definition) is 2. The van der Waals surface area contributed by atoms with Crippen LogP contribution in [0, 0.1) is 13.8 Å². The number of rotatable bonds is 6. The number of nitrogens with zero attached hydrogens (tertiary/aromatic N) is 3. The van der Waals surface area contributed by atoms with Crippen LogP contribution in [0.1, 0.15) is 39.2 Å². The molecule has 0 fully saturated rings. The van der Waals surface area contributed by atoms with Crippen LogP contribution in [0.2, 0.25) is 0 Å². The topological polar surface area (TPSA) is 138 Å². The molecule has 0 bridgehead atoms. The summed E-state index contributed by atoms with van der Waals surface area (Å²) in [5.74, 6) is -1.08. The molecule has 2 heterocycles. The lowest BCUT2D eigenvalue weighted by Crippen LogP contribution is -2.45. The molecular weight excluding hydrogens is 458 g/mol. The average Bonchev–Trinajstić information content (AvgIpc) is 3.03. The van der Waals surface area contributed by atoms with E-state index in [4.69, 9.17) is 0 Å². The van der Waals surface area contributed by atoms with Crippen LogP contribution in [-0.4, -0.2) is 47.0 Å². The van der Waals surface area contributed by atoms with Crippen LogP contribution in [0.25, 0.3) is 0 Å². The highest BCUT2D eigenvalue weighted by Crippen LogP contribution is 2.25. The molecule has 1 atom stereocenters. The third-order valence-corrected chi connectivity index (χ3v) is 6.60. The van der Waals surface area contributed by atoms with E-state index in [1.807, 2.05) is 0 Å². The lowest BCUT2D eigenvalue weighted by atomic mass is 10.1. The standard InChI is InChI=1S/C23H21N5O5S/c1-13-12-20(25-15(3)24-13)27-34(32,33)17-10-8-16(9-11-17)26-21(29)14(2)28-22(30)18-6-4-5-7-19(18)23(28)31/h4-12,14H,1-3H3,(H,26,29)(H,24,25,27)/t14-/m1/s1. The normalized spacial score (nSPS) is 14.0. The van der Waals surface area contributed by atoms with E-state index in [2.05, 4.69) is 20.0 Å². The Labute approximate surface area is 196 Å². The average molecular weight is 480 g/mol. The largest absolute Gasteiger partial charge is 0.324 e. The first-order valence-corrected chi connectivity index (χ1v) is 11.8. The number of hydrogen-bond acceptors (Lipinski definition) is 7. The molecule has 0 unspecified atom stereocenters. The highest BCUT2D eigenvalue weighted by Gasteiger charge is 2.40. The van der Waals surface area contributed by atoms with Crippen LogP contribution in [0.3, 0.4) is 0 Å². The number of imide groups is 1. The predicted molar refractivity (Wildman–Crippen MR) is 124 cm³/mol. The van der Waals surface area contributed by atoms with Gasteiger partial charge in [-0.25, -0.2) is 18.4 Å². The van der Waals surface area contributed by atoms with Gasteiger partial charge in [0.1, 0.15) is 17.7 Å². The van der Waals surface area contributed by atoms with Gasteiger partial charge in [-0.05, 0) is 57.2 Å². The number of sulfonamides is 1. The van der Waals surface area contributed by atoms with Crippen LogP contribution in [-0.2, 0) is 14.8 Å². The summed E-state index contributed by atoms with van der Waals surface area (Å²) in [6.45, 7) is 4.84. The van der Waals surface area contributed by atoms with Crippen molar-refractivity contribution in [1.29, 1.82) is 0 Å². The number of fused-ring (bicyclic) bond motifs is 1. The van der Waals surface area contributed by atoms with Crippen molar-refractivity contribution in [2.24, 2.45) is 0 Å². The smallest absolute Gasteiger partial charge is 0.263 e. The molecule has 4 rings (SSSR count). The molecule has 34 heavy (non-hydrogen) atoms. The van der Waals surface area contributed by atoms with E-state index in [1.165, 1.54) is 49.4 Å². The number of carbonyl (C=O) groups is 3. The highest BCUT2D eigenvalue weighted by molar-refractivity contribution is 7.92. The number of nitrogens with one attached hydrogen (secondary N) is 2. The maximum absolute atomic E-state index is 12.7. The summed E-state index contributed by atoms with van der Waals surface area (Å²) in [6, 6.07) is 12.3. The fourth-order valence-corrected chi connectivity index (χ4v) is 4.60. The minimum atomic E-state index is -3.92. The Kier molecular flexibility index (Phi) is 5.88. The molecule has 1 aromatic heterocycles. The maximum Gasteiger partial charge on any atom is 0.263 e. The van der Waals surface area contributed by atoms with E-state index in [1.54, 1.807) is 26.0 Å². The van der Waals surface area contributed by atoms with Gasteiger partial charge in [0.05, 0.1) is 16.0 Å². The van der Waals surface area contributed by atoms with Crippen molar-refractivity contribution in [3.05, 3.63) is 77.2 Å². The second-order valence-corrected chi connectivity index (χ2v) is 9.45. The minimum absolute atomic E-state index is 0.0344. The molecule has 0 aliphatic carbocycles. The molecule has 0 saturated heterocycles. The Morgan fingerprint density at radius 2 is 1.53 bits per heavy atom. The van der Waals surface area contributed by atoms with E-state index in [-0.39, 0.29) is 21.8 Å². The second-order valence-electron chi connectivity index (χ2n) is 7.76. The Hall–Kier alpha value is -4.12. The Bertz CT molecular complexity index is 1360. The molecule has 3 aromatic rings. The number of aryl methyl sites for hydroxylation is 2. The molecule has 2 N–H and O–H groups in total. The first kappa shape index (κ1) is 23.1. The lowest BCUT2D eigenvalue weighted by Gasteiger charge is -2.21. The maximum atomic E-state index is 12.7. The summed E-state index contributed by atoms with van der Waals surface area (Å²) in [6.07, 6.45) is 0. The fourth-order valence-electron chi connectivity index (χ4n) is 3.61. The molecule has 174 valence electrons. The Balaban J connectivity index is 1.46. The van der Waals surface area contributed by atoms with Gasteiger partial charge >= 0.3 is 0 Å². The molecule has 11 heteroatoms. The molecule has 0 spiro atoms. The lowest BCUT2D eigenvalue weighted by molar-refractivity contribution is -0.119. The van der Waals surface area contributed by atoms with Gasteiger partial charge in [0.25, 0.3) is 21.8 Å². The molecule has 0 radical (unpaired) electrons. The third-order valence-electron chi connectivity index (χ3n) is 5.23. The highest BCUT2D eigenvalue weighted by atomic mass is 32.2. The summed E-state index contributed by atoms with van der Waals surface area (Å²) in [5.41, 5.74) is 1.43. The van der Waals surface area contributed by atoms with Crippen LogP contribution in [0.4, 0.5) is 11.5 Å². The van der Waals surface area contributed by atoms with E-state index < -0.39 is 33.8 Å². The van der Waals surface area contributed by atoms with Crippen molar-refractivity contribution >= 4 is 39.3 Å². The summed E-state index contributed by atoms with van der Waals surface area (Å²) in [4.78, 5) is 47.0. The Morgan fingerprint density at radius 3 is 2.09 bits per heavy atom. The van der Waals surface area contributed by atoms with Gasteiger partial charge in [0.15, 0.2) is 0 Å². The van der Waals surface area contributed by atoms with E-state index in [0.29, 0.717) is 17.2 Å². The van der Waals surface area contributed by atoms with Gasteiger partial charge in [0.2, 0.25) is 5.91 Å². The molecule has 2 aromatic carbocycles. The van der Waals surface area contributed by atoms with Crippen molar-refractivity contribution in [2.75, 3.05) is 10.0 Å². The van der Waals surface area contributed by atoms with Crippen molar-refractivity contribution in [3.63, 3.8) is 0 Å². The van der Waals surface area contributed by atoms with Crippen LogP contribution in [0.15, 0.2) is 59.5 Å². The number of benzene rings is 2. The molecule has 3 amide bonds. The van der Waals surface area contributed by atoms with Crippen LogP contribution >= 0.6 is 0 Å². The van der Waals surface area contributed by atoms with Gasteiger partial charge in [0, 0.05) is 17.4 Å².